The van der Waals surface area contributed by atoms with Gasteiger partial charge in [0.25, 0.3) is 5.56 Å². The Morgan fingerprint density at radius 2 is 1.97 bits per heavy atom. The summed E-state index contributed by atoms with van der Waals surface area (Å²) in [5.74, 6) is 1.66. The van der Waals surface area contributed by atoms with E-state index in [1.165, 1.54) is 22.3 Å². The molecule has 0 unspecified atom stereocenters. The van der Waals surface area contributed by atoms with Gasteiger partial charge in [0, 0.05) is 31.8 Å². The summed E-state index contributed by atoms with van der Waals surface area (Å²) in [5, 5.41) is 0.711. The lowest BCUT2D eigenvalue weighted by atomic mass is 10.1. The number of thioether (sulfide) groups is 1. The van der Waals surface area contributed by atoms with Crippen LogP contribution in [0.4, 0.5) is 0 Å². The fourth-order valence-electron chi connectivity index (χ4n) is 3.75. The summed E-state index contributed by atoms with van der Waals surface area (Å²) in [6.45, 7) is 6.56. The van der Waals surface area contributed by atoms with Crippen molar-refractivity contribution >= 4 is 11.8 Å². The van der Waals surface area contributed by atoms with Crippen LogP contribution in [0, 0.1) is 13.8 Å². The molecule has 1 aliphatic heterocycles. The van der Waals surface area contributed by atoms with Crippen LogP contribution < -0.4 is 10.3 Å². The predicted molar refractivity (Wildman–Crippen MR) is 121 cm³/mol. The number of H-pyrrole nitrogens is 1. The van der Waals surface area contributed by atoms with Gasteiger partial charge in [-0.3, -0.25) is 9.69 Å². The summed E-state index contributed by atoms with van der Waals surface area (Å²) in [7, 11) is 1.67. The third-order valence-electron chi connectivity index (χ3n) is 5.56. The van der Waals surface area contributed by atoms with Crippen molar-refractivity contribution in [1.29, 1.82) is 0 Å². The van der Waals surface area contributed by atoms with E-state index in [9.17, 15) is 4.79 Å². The van der Waals surface area contributed by atoms with Crippen LogP contribution in [0.25, 0.3) is 0 Å². The number of nitrogens with zero attached hydrogens (tertiary/aromatic N) is 2. The quantitative estimate of drug-likeness (QED) is 0.476. The molecule has 5 nitrogen and oxygen atoms in total. The molecule has 2 heterocycles. The van der Waals surface area contributed by atoms with Gasteiger partial charge in [0.15, 0.2) is 5.16 Å². The number of aryl methyl sites for hydroxylation is 2. The summed E-state index contributed by atoms with van der Waals surface area (Å²) in [6.07, 6.45) is 0.798. The van der Waals surface area contributed by atoms with Crippen LogP contribution in [-0.4, -0.2) is 28.5 Å². The second-order valence-electron chi connectivity index (χ2n) is 7.82. The monoisotopic (exact) mass is 421 g/mol. The van der Waals surface area contributed by atoms with E-state index in [0.29, 0.717) is 11.7 Å². The number of benzene rings is 2. The first-order chi connectivity index (χ1) is 14.5. The molecule has 1 aromatic heterocycles. The highest BCUT2D eigenvalue weighted by Crippen LogP contribution is 2.24. The highest BCUT2D eigenvalue weighted by molar-refractivity contribution is 7.98. The minimum atomic E-state index is -0.0112. The van der Waals surface area contributed by atoms with Gasteiger partial charge in [-0.25, -0.2) is 4.98 Å². The topological polar surface area (TPSA) is 58.2 Å². The van der Waals surface area contributed by atoms with Crippen molar-refractivity contribution in [3.05, 3.63) is 86.3 Å². The van der Waals surface area contributed by atoms with Crippen LogP contribution >= 0.6 is 11.8 Å². The largest absolute Gasteiger partial charge is 0.497 e. The first-order valence-electron chi connectivity index (χ1n) is 10.2. The van der Waals surface area contributed by atoms with Crippen molar-refractivity contribution < 1.29 is 4.74 Å². The average molecular weight is 422 g/mol. The molecule has 0 saturated heterocycles. The summed E-state index contributed by atoms with van der Waals surface area (Å²) in [6, 6.07) is 14.6. The molecule has 1 N–H and O–H groups in total. The third kappa shape index (κ3) is 4.77. The summed E-state index contributed by atoms with van der Waals surface area (Å²) in [5.41, 5.74) is 6.74. The standard InChI is InChI=1S/C24H27N3O2S/c1-16-4-5-17(2)19(12-16)15-30-24-25-22-10-11-27(14-21(22)23(28)26-24)13-18-6-8-20(29-3)9-7-18/h4-9,12H,10-11,13-15H2,1-3H3,(H,25,26,28). The van der Waals surface area contributed by atoms with Crippen molar-refractivity contribution in [3.8, 4) is 5.75 Å². The number of fused-ring (bicyclic) bond motifs is 1. The van der Waals surface area contributed by atoms with Crippen LogP contribution in [-0.2, 0) is 25.3 Å². The number of aromatic nitrogens is 2. The molecule has 0 fully saturated rings. The lowest BCUT2D eigenvalue weighted by Crippen LogP contribution is -2.35. The second-order valence-corrected chi connectivity index (χ2v) is 8.79. The van der Waals surface area contributed by atoms with Gasteiger partial charge in [0.2, 0.25) is 0 Å². The highest BCUT2D eigenvalue weighted by atomic mass is 32.2. The zero-order valence-electron chi connectivity index (χ0n) is 17.7. The Hall–Kier alpha value is -2.57. The normalized spacial score (nSPS) is 13.8. The van der Waals surface area contributed by atoms with Gasteiger partial charge in [0.05, 0.1) is 18.4 Å². The molecule has 2 aromatic carbocycles. The Balaban J connectivity index is 1.44. The predicted octanol–water partition coefficient (Wildman–Crippen LogP) is 4.25. The number of ether oxygens (including phenoxy) is 1. The Labute approximate surface area is 181 Å². The molecule has 0 bridgehead atoms. The Bertz CT molecular complexity index is 1090. The van der Waals surface area contributed by atoms with E-state index in [-0.39, 0.29) is 5.56 Å². The van der Waals surface area contributed by atoms with E-state index < -0.39 is 0 Å². The fourth-order valence-corrected chi connectivity index (χ4v) is 4.70. The van der Waals surface area contributed by atoms with Gasteiger partial charge in [0.1, 0.15) is 5.75 Å². The van der Waals surface area contributed by atoms with E-state index in [2.05, 4.69) is 54.1 Å². The number of hydrogen-bond acceptors (Lipinski definition) is 5. The maximum Gasteiger partial charge on any atom is 0.256 e. The minimum Gasteiger partial charge on any atom is -0.497 e. The minimum absolute atomic E-state index is 0.0112. The van der Waals surface area contributed by atoms with Crippen molar-refractivity contribution in [3.63, 3.8) is 0 Å². The van der Waals surface area contributed by atoms with Gasteiger partial charge < -0.3 is 9.72 Å². The average Bonchev–Trinajstić information content (AvgIpc) is 2.75. The van der Waals surface area contributed by atoms with Crippen molar-refractivity contribution in [2.45, 2.75) is 44.3 Å². The molecule has 0 radical (unpaired) electrons. The molecule has 4 rings (SSSR count). The molecule has 0 atom stereocenters. The zero-order chi connectivity index (χ0) is 21.1. The van der Waals surface area contributed by atoms with Gasteiger partial charge in [-0.2, -0.15) is 0 Å². The molecule has 1 aliphatic rings. The van der Waals surface area contributed by atoms with E-state index in [1.807, 2.05) is 12.1 Å². The molecular formula is C24H27N3O2S. The van der Waals surface area contributed by atoms with E-state index >= 15 is 0 Å². The number of rotatable bonds is 6. The molecular weight excluding hydrogens is 394 g/mol. The van der Waals surface area contributed by atoms with Crippen LogP contribution in [0.15, 0.2) is 52.4 Å². The summed E-state index contributed by atoms with van der Waals surface area (Å²) in [4.78, 5) is 22.8. The first-order valence-corrected chi connectivity index (χ1v) is 11.2. The Morgan fingerprint density at radius 1 is 1.17 bits per heavy atom. The third-order valence-corrected chi connectivity index (χ3v) is 6.48. The summed E-state index contributed by atoms with van der Waals surface area (Å²) < 4.78 is 5.22. The molecule has 0 aliphatic carbocycles. The maximum absolute atomic E-state index is 12.7. The smallest absolute Gasteiger partial charge is 0.256 e. The maximum atomic E-state index is 12.7. The highest BCUT2D eigenvalue weighted by Gasteiger charge is 2.21. The van der Waals surface area contributed by atoms with Crippen molar-refractivity contribution in [1.82, 2.24) is 14.9 Å². The van der Waals surface area contributed by atoms with Crippen LogP contribution in [0.2, 0.25) is 0 Å². The Kier molecular flexibility index (Phi) is 6.25. The van der Waals surface area contributed by atoms with Gasteiger partial charge in [-0.15, -0.1) is 0 Å². The van der Waals surface area contributed by atoms with E-state index in [0.717, 1.165) is 42.3 Å². The summed E-state index contributed by atoms with van der Waals surface area (Å²) >= 11 is 1.60. The van der Waals surface area contributed by atoms with E-state index in [1.54, 1.807) is 18.9 Å². The van der Waals surface area contributed by atoms with Gasteiger partial charge in [-0.05, 0) is 42.7 Å². The van der Waals surface area contributed by atoms with Crippen LogP contribution in [0.3, 0.4) is 0 Å². The number of nitrogens with one attached hydrogen (secondary N) is 1. The van der Waals surface area contributed by atoms with Gasteiger partial charge in [-0.1, -0.05) is 47.7 Å². The number of aromatic amines is 1. The second kappa shape index (κ2) is 9.06. The first kappa shape index (κ1) is 20.7. The lowest BCUT2D eigenvalue weighted by molar-refractivity contribution is 0.241. The number of hydrogen-bond donors (Lipinski definition) is 1. The molecule has 0 saturated carbocycles. The molecule has 6 heteroatoms. The van der Waals surface area contributed by atoms with E-state index in [4.69, 9.17) is 9.72 Å². The lowest BCUT2D eigenvalue weighted by Gasteiger charge is -2.27. The van der Waals surface area contributed by atoms with Crippen molar-refractivity contribution in [2.24, 2.45) is 0 Å². The Morgan fingerprint density at radius 3 is 2.73 bits per heavy atom. The number of methoxy groups -OCH3 is 1. The van der Waals surface area contributed by atoms with Crippen LogP contribution in [0.1, 0.15) is 33.5 Å². The molecule has 156 valence electrons. The molecule has 0 spiro atoms. The zero-order valence-corrected chi connectivity index (χ0v) is 18.5. The fraction of sp³-hybridized carbons (Fsp3) is 0.333. The molecule has 0 amide bonds. The molecule has 30 heavy (non-hydrogen) atoms. The molecule has 3 aromatic rings. The van der Waals surface area contributed by atoms with Gasteiger partial charge >= 0.3 is 0 Å². The van der Waals surface area contributed by atoms with Crippen LogP contribution in [0.5, 0.6) is 5.75 Å². The SMILES string of the molecule is COc1ccc(CN2CCc3nc(SCc4cc(C)ccc4C)[nH]c(=O)c3C2)cc1. The van der Waals surface area contributed by atoms with Crippen molar-refractivity contribution in [2.75, 3.05) is 13.7 Å².